The average molecular weight is 325 g/mol. The van der Waals surface area contributed by atoms with Gasteiger partial charge in [-0.15, -0.1) is 0 Å². The van der Waals surface area contributed by atoms with Crippen molar-refractivity contribution in [2.75, 3.05) is 19.4 Å². The monoisotopic (exact) mass is 325 g/mol. The van der Waals surface area contributed by atoms with E-state index in [1.54, 1.807) is 12.1 Å². The van der Waals surface area contributed by atoms with Crippen LogP contribution in [0.5, 0.6) is 0 Å². The summed E-state index contributed by atoms with van der Waals surface area (Å²) in [6, 6.07) is 12.0. The second-order valence-corrected chi connectivity index (χ2v) is 5.53. The molecule has 122 valence electrons. The van der Waals surface area contributed by atoms with Crippen molar-refractivity contribution in [2.24, 2.45) is 5.92 Å². The van der Waals surface area contributed by atoms with Gasteiger partial charge in [0.1, 0.15) is 0 Å². The Bertz CT molecular complexity index is 848. The molecule has 7 nitrogen and oxygen atoms in total. The van der Waals surface area contributed by atoms with Crippen LogP contribution in [-0.4, -0.2) is 47.6 Å². The fourth-order valence-corrected chi connectivity index (χ4v) is 2.67. The van der Waals surface area contributed by atoms with Crippen molar-refractivity contribution in [2.45, 2.75) is 0 Å². The van der Waals surface area contributed by atoms with Crippen LogP contribution in [0.3, 0.4) is 0 Å². The SMILES string of the molecule is CN1C(=O)C(C(=O)Nc2cccc3ccccc23)C(=O)N(C)C1=O. The fourth-order valence-electron chi connectivity index (χ4n) is 2.67. The molecule has 1 N–H and O–H groups in total. The molecule has 2 aromatic carbocycles. The van der Waals surface area contributed by atoms with Crippen molar-refractivity contribution >= 4 is 40.2 Å². The zero-order valence-corrected chi connectivity index (χ0v) is 13.1. The molecule has 0 bridgehead atoms. The van der Waals surface area contributed by atoms with E-state index in [2.05, 4.69) is 5.32 Å². The molecule has 1 heterocycles. The van der Waals surface area contributed by atoms with Gasteiger partial charge in [-0.25, -0.2) is 4.79 Å². The normalized spacial score (nSPS) is 16.0. The van der Waals surface area contributed by atoms with Crippen molar-refractivity contribution in [3.8, 4) is 0 Å². The number of urea groups is 1. The molecule has 3 rings (SSSR count). The Hall–Kier alpha value is -3.22. The number of fused-ring (bicyclic) bond motifs is 1. The van der Waals surface area contributed by atoms with E-state index in [9.17, 15) is 19.2 Å². The van der Waals surface area contributed by atoms with E-state index in [1.807, 2.05) is 30.3 Å². The first kappa shape index (κ1) is 15.7. The minimum Gasteiger partial charge on any atom is -0.324 e. The maximum absolute atomic E-state index is 12.5. The van der Waals surface area contributed by atoms with E-state index in [4.69, 9.17) is 0 Å². The molecular weight excluding hydrogens is 310 g/mol. The molecular formula is C17H15N3O4. The predicted octanol–water partition coefficient (Wildman–Crippen LogP) is 1.44. The summed E-state index contributed by atoms with van der Waals surface area (Å²) in [4.78, 5) is 50.2. The Morgan fingerprint density at radius 2 is 1.50 bits per heavy atom. The maximum atomic E-state index is 12.5. The topological polar surface area (TPSA) is 86.8 Å². The number of benzene rings is 2. The molecule has 0 spiro atoms. The van der Waals surface area contributed by atoms with Crippen LogP contribution in [0.25, 0.3) is 10.8 Å². The van der Waals surface area contributed by atoms with E-state index in [0.717, 1.165) is 20.6 Å². The molecule has 1 fully saturated rings. The predicted molar refractivity (Wildman–Crippen MR) is 87.0 cm³/mol. The molecule has 24 heavy (non-hydrogen) atoms. The average Bonchev–Trinajstić information content (AvgIpc) is 2.59. The summed E-state index contributed by atoms with van der Waals surface area (Å²) in [7, 11) is 2.48. The second-order valence-electron chi connectivity index (χ2n) is 5.53. The highest BCUT2D eigenvalue weighted by atomic mass is 16.2. The lowest BCUT2D eigenvalue weighted by atomic mass is 10.0. The Kier molecular flexibility index (Phi) is 3.76. The van der Waals surface area contributed by atoms with Crippen LogP contribution in [-0.2, 0) is 14.4 Å². The van der Waals surface area contributed by atoms with Gasteiger partial charge in [0.25, 0.3) is 11.8 Å². The van der Waals surface area contributed by atoms with Gasteiger partial charge in [-0.1, -0.05) is 36.4 Å². The van der Waals surface area contributed by atoms with Crippen LogP contribution < -0.4 is 5.32 Å². The Morgan fingerprint density at radius 3 is 2.17 bits per heavy atom. The van der Waals surface area contributed by atoms with E-state index in [-0.39, 0.29) is 0 Å². The number of imide groups is 2. The second kappa shape index (κ2) is 5.77. The van der Waals surface area contributed by atoms with Crippen molar-refractivity contribution in [1.29, 1.82) is 0 Å². The molecule has 1 aliphatic heterocycles. The van der Waals surface area contributed by atoms with Gasteiger partial charge < -0.3 is 5.32 Å². The number of anilines is 1. The Labute approximate surface area is 137 Å². The van der Waals surface area contributed by atoms with Crippen molar-refractivity contribution in [3.05, 3.63) is 42.5 Å². The zero-order valence-electron chi connectivity index (χ0n) is 13.1. The van der Waals surface area contributed by atoms with Crippen LogP contribution in [0, 0.1) is 5.92 Å². The van der Waals surface area contributed by atoms with Gasteiger partial charge in [-0.2, -0.15) is 0 Å². The van der Waals surface area contributed by atoms with Crippen molar-refractivity contribution in [1.82, 2.24) is 9.80 Å². The van der Waals surface area contributed by atoms with Crippen LogP contribution in [0.4, 0.5) is 10.5 Å². The molecule has 0 aliphatic carbocycles. The first-order valence-electron chi connectivity index (χ1n) is 7.29. The number of carbonyl (C=O) groups is 4. The minimum absolute atomic E-state index is 0.501. The highest BCUT2D eigenvalue weighted by molar-refractivity contribution is 6.28. The Balaban J connectivity index is 1.93. The molecule has 0 radical (unpaired) electrons. The van der Waals surface area contributed by atoms with Crippen LogP contribution in [0.1, 0.15) is 0 Å². The molecule has 0 saturated carbocycles. The van der Waals surface area contributed by atoms with Gasteiger partial charge in [-0.3, -0.25) is 24.2 Å². The lowest BCUT2D eigenvalue weighted by Crippen LogP contribution is -2.59. The summed E-state index contributed by atoms with van der Waals surface area (Å²) in [6.07, 6.45) is 0. The third-order valence-electron chi connectivity index (χ3n) is 4.04. The summed E-state index contributed by atoms with van der Waals surface area (Å²) in [5.41, 5.74) is 0.501. The highest BCUT2D eigenvalue weighted by Crippen LogP contribution is 2.24. The zero-order chi connectivity index (χ0) is 17.4. The lowest BCUT2D eigenvalue weighted by molar-refractivity contribution is -0.151. The first-order chi connectivity index (χ1) is 11.4. The van der Waals surface area contributed by atoms with E-state index in [1.165, 1.54) is 14.1 Å². The quantitative estimate of drug-likeness (QED) is 0.847. The van der Waals surface area contributed by atoms with Gasteiger partial charge >= 0.3 is 6.03 Å². The smallest absolute Gasteiger partial charge is 0.324 e. The van der Waals surface area contributed by atoms with Crippen LogP contribution in [0.15, 0.2) is 42.5 Å². The molecule has 0 unspecified atom stereocenters. The Morgan fingerprint density at radius 1 is 0.917 bits per heavy atom. The number of carbonyl (C=O) groups excluding carboxylic acids is 4. The standard InChI is InChI=1S/C17H15N3O4/c1-19-15(22)13(16(23)20(2)17(19)24)14(21)18-12-9-5-7-10-6-3-4-8-11(10)12/h3-9,13H,1-2H3,(H,18,21). The number of nitrogens with one attached hydrogen (secondary N) is 1. The molecule has 1 aliphatic rings. The third kappa shape index (κ3) is 2.40. The van der Waals surface area contributed by atoms with E-state index < -0.39 is 29.7 Å². The van der Waals surface area contributed by atoms with Crippen molar-refractivity contribution in [3.63, 3.8) is 0 Å². The lowest BCUT2D eigenvalue weighted by Gasteiger charge is -2.32. The van der Waals surface area contributed by atoms with Crippen LogP contribution >= 0.6 is 0 Å². The first-order valence-corrected chi connectivity index (χ1v) is 7.29. The number of hydrogen-bond acceptors (Lipinski definition) is 4. The van der Waals surface area contributed by atoms with Gasteiger partial charge in [0.15, 0.2) is 5.92 Å². The molecule has 7 heteroatoms. The minimum atomic E-state index is -1.57. The van der Waals surface area contributed by atoms with E-state index >= 15 is 0 Å². The van der Waals surface area contributed by atoms with E-state index in [0.29, 0.717) is 5.69 Å². The highest BCUT2D eigenvalue weighted by Gasteiger charge is 2.46. The molecule has 1 saturated heterocycles. The summed E-state index contributed by atoms with van der Waals surface area (Å²) in [5, 5.41) is 4.34. The molecule has 2 aromatic rings. The summed E-state index contributed by atoms with van der Waals surface area (Å²) in [6.45, 7) is 0. The number of nitrogens with zero attached hydrogens (tertiary/aromatic N) is 2. The molecule has 0 aromatic heterocycles. The van der Waals surface area contributed by atoms with Gasteiger partial charge in [0, 0.05) is 25.2 Å². The van der Waals surface area contributed by atoms with Gasteiger partial charge in [0.2, 0.25) is 5.91 Å². The number of hydrogen-bond donors (Lipinski definition) is 1. The van der Waals surface area contributed by atoms with Crippen molar-refractivity contribution < 1.29 is 19.2 Å². The fraction of sp³-hybridized carbons (Fsp3) is 0.176. The third-order valence-corrected chi connectivity index (χ3v) is 4.04. The summed E-state index contributed by atoms with van der Waals surface area (Å²) < 4.78 is 0. The van der Waals surface area contributed by atoms with Gasteiger partial charge in [-0.05, 0) is 11.5 Å². The molecule has 0 atom stereocenters. The van der Waals surface area contributed by atoms with Gasteiger partial charge in [0.05, 0.1) is 0 Å². The number of rotatable bonds is 2. The maximum Gasteiger partial charge on any atom is 0.332 e. The number of barbiturate groups is 1. The summed E-state index contributed by atoms with van der Waals surface area (Å²) >= 11 is 0. The number of amides is 5. The summed E-state index contributed by atoms with van der Waals surface area (Å²) in [5.74, 6) is -3.99. The van der Waals surface area contributed by atoms with Crippen LogP contribution in [0.2, 0.25) is 0 Å². The molecule has 5 amide bonds. The largest absolute Gasteiger partial charge is 0.332 e.